The van der Waals surface area contributed by atoms with Crippen LogP contribution in [0.5, 0.6) is 11.5 Å². The zero-order valence-corrected chi connectivity index (χ0v) is 12.0. The molecule has 0 aliphatic rings. The molecule has 0 aliphatic heterocycles. The number of para-hydroxylation sites is 1. The average molecular weight is 298 g/mol. The summed E-state index contributed by atoms with van der Waals surface area (Å²) in [5, 5.41) is 10.2. The van der Waals surface area contributed by atoms with Crippen LogP contribution >= 0.6 is 0 Å². The van der Waals surface area contributed by atoms with E-state index in [1.54, 1.807) is 18.5 Å². The highest BCUT2D eigenvalue weighted by molar-refractivity contribution is 5.40. The molecule has 0 spiro atoms. The van der Waals surface area contributed by atoms with Gasteiger partial charge in [-0.1, -0.05) is 24.3 Å². The number of H-pyrrole nitrogens is 1. The van der Waals surface area contributed by atoms with E-state index >= 15 is 0 Å². The van der Waals surface area contributed by atoms with E-state index in [0.29, 0.717) is 17.1 Å². The molecule has 0 saturated carbocycles. The molecule has 1 unspecified atom stereocenters. The van der Waals surface area contributed by atoms with Gasteiger partial charge in [-0.15, -0.1) is 0 Å². The number of nitrogens with zero attached hydrogens (tertiary/aromatic N) is 1. The van der Waals surface area contributed by atoms with Crippen LogP contribution in [-0.4, -0.2) is 15.1 Å². The van der Waals surface area contributed by atoms with Crippen LogP contribution in [0, 0.1) is 12.7 Å². The summed E-state index contributed by atoms with van der Waals surface area (Å²) in [6, 6.07) is 11.6. The van der Waals surface area contributed by atoms with Crippen LogP contribution in [0.4, 0.5) is 4.39 Å². The number of ether oxygens (including phenoxy) is 1. The minimum atomic E-state index is -0.963. The lowest BCUT2D eigenvalue weighted by Crippen LogP contribution is -2.03. The number of nitrogens with one attached hydrogen (secondary N) is 1. The first kappa shape index (κ1) is 14.3. The first-order valence-electron chi connectivity index (χ1n) is 6.85. The summed E-state index contributed by atoms with van der Waals surface area (Å²) in [5.74, 6) is 0.551. The second kappa shape index (κ2) is 5.99. The number of aryl methyl sites for hydroxylation is 1. The first-order valence-corrected chi connectivity index (χ1v) is 6.85. The van der Waals surface area contributed by atoms with Crippen molar-refractivity contribution in [2.75, 3.05) is 0 Å². The van der Waals surface area contributed by atoms with Crippen LogP contribution in [0.3, 0.4) is 0 Å². The Hall–Kier alpha value is -2.66. The average Bonchev–Trinajstić information content (AvgIpc) is 3.05. The van der Waals surface area contributed by atoms with Gasteiger partial charge in [0, 0.05) is 12.4 Å². The van der Waals surface area contributed by atoms with Crippen molar-refractivity contribution >= 4 is 0 Å². The number of hydrogen-bond acceptors (Lipinski definition) is 3. The van der Waals surface area contributed by atoms with Gasteiger partial charge in [0.05, 0.1) is 0 Å². The van der Waals surface area contributed by atoms with Crippen LogP contribution in [0.15, 0.2) is 54.9 Å². The summed E-state index contributed by atoms with van der Waals surface area (Å²) in [4.78, 5) is 6.84. The molecule has 0 aliphatic carbocycles. The number of hydrogen-bond donors (Lipinski definition) is 2. The van der Waals surface area contributed by atoms with Crippen LogP contribution in [0.2, 0.25) is 0 Å². The van der Waals surface area contributed by atoms with E-state index in [0.717, 1.165) is 5.56 Å². The van der Waals surface area contributed by atoms with E-state index in [4.69, 9.17) is 4.74 Å². The first-order chi connectivity index (χ1) is 10.6. The van der Waals surface area contributed by atoms with Gasteiger partial charge in [0.25, 0.3) is 0 Å². The number of halogens is 1. The summed E-state index contributed by atoms with van der Waals surface area (Å²) in [6.45, 7) is 1.88. The Labute approximate surface area is 127 Å². The Balaban J connectivity index is 1.92. The molecular weight excluding hydrogens is 283 g/mol. The number of aromatic nitrogens is 2. The lowest BCUT2D eigenvalue weighted by Gasteiger charge is -2.13. The number of aliphatic hydroxyl groups excluding tert-OH is 1. The van der Waals surface area contributed by atoms with Crippen LogP contribution in [0.25, 0.3) is 0 Å². The van der Waals surface area contributed by atoms with E-state index < -0.39 is 11.9 Å². The van der Waals surface area contributed by atoms with Crippen LogP contribution in [0.1, 0.15) is 23.1 Å². The maximum Gasteiger partial charge on any atom is 0.165 e. The summed E-state index contributed by atoms with van der Waals surface area (Å²) >= 11 is 0. The molecule has 1 heterocycles. The summed E-state index contributed by atoms with van der Waals surface area (Å²) < 4.78 is 19.6. The molecule has 0 saturated heterocycles. The Morgan fingerprint density at radius 1 is 1.18 bits per heavy atom. The van der Waals surface area contributed by atoms with Crippen LogP contribution in [-0.2, 0) is 0 Å². The van der Waals surface area contributed by atoms with Gasteiger partial charge in [0.1, 0.15) is 17.7 Å². The lowest BCUT2D eigenvalue weighted by molar-refractivity contribution is 0.210. The number of imidazole rings is 1. The SMILES string of the molecule is Cc1ccccc1Oc1cc(C(O)c2ncc[nH]2)ccc1F. The van der Waals surface area contributed by atoms with Crippen molar-refractivity contribution in [3.63, 3.8) is 0 Å². The fraction of sp³-hybridized carbons (Fsp3) is 0.118. The van der Waals surface area contributed by atoms with E-state index in [9.17, 15) is 9.50 Å². The topological polar surface area (TPSA) is 58.1 Å². The standard InChI is InChI=1S/C17H15FN2O2/c1-11-4-2-3-5-14(11)22-15-10-12(6-7-13(15)18)16(21)17-19-8-9-20-17/h2-10,16,21H,1H3,(H,19,20). The third-order valence-corrected chi connectivity index (χ3v) is 3.36. The predicted octanol–water partition coefficient (Wildman–Crippen LogP) is 3.73. The summed E-state index contributed by atoms with van der Waals surface area (Å²) in [5.41, 5.74) is 1.40. The molecule has 0 radical (unpaired) electrons. The molecule has 4 nitrogen and oxygen atoms in total. The van der Waals surface area contributed by atoms with Crippen molar-refractivity contribution in [1.82, 2.24) is 9.97 Å². The van der Waals surface area contributed by atoms with Gasteiger partial charge in [-0.3, -0.25) is 0 Å². The maximum absolute atomic E-state index is 14.0. The highest BCUT2D eigenvalue weighted by atomic mass is 19.1. The second-order valence-electron chi connectivity index (χ2n) is 4.93. The second-order valence-corrected chi connectivity index (χ2v) is 4.93. The molecule has 0 bridgehead atoms. The van der Waals surface area contributed by atoms with Crippen molar-refractivity contribution < 1.29 is 14.2 Å². The summed E-state index contributed by atoms with van der Waals surface area (Å²) in [6.07, 6.45) is 2.20. The normalized spacial score (nSPS) is 12.1. The third-order valence-electron chi connectivity index (χ3n) is 3.36. The van der Waals surface area contributed by atoms with Crippen molar-refractivity contribution in [1.29, 1.82) is 0 Å². The molecule has 3 rings (SSSR count). The fourth-order valence-corrected chi connectivity index (χ4v) is 2.14. The predicted molar refractivity (Wildman–Crippen MR) is 80.3 cm³/mol. The van der Waals surface area contributed by atoms with Gasteiger partial charge in [-0.05, 0) is 36.2 Å². The van der Waals surface area contributed by atoms with E-state index in [1.165, 1.54) is 18.2 Å². The molecule has 5 heteroatoms. The highest BCUT2D eigenvalue weighted by Crippen LogP contribution is 2.30. The van der Waals surface area contributed by atoms with Crippen molar-refractivity contribution in [3.05, 3.63) is 77.6 Å². The highest BCUT2D eigenvalue weighted by Gasteiger charge is 2.16. The fourth-order valence-electron chi connectivity index (χ4n) is 2.14. The monoisotopic (exact) mass is 298 g/mol. The molecule has 2 aromatic carbocycles. The molecule has 2 N–H and O–H groups in total. The Morgan fingerprint density at radius 3 is 2.73 bits per heavy atom. The minimum absolute atomic E-state index is 0.0670. The van der Waals surface area contributed by atoms with Gasteiger partial charge < -0.3 is 14.8 Å². The van der Waals surface area contributed by atoms with E-state index in [1.807, 2.05) is 25.1 Å². The van der Waals surface area contributed by atoms with E-state index in [-0.39, 0.29) is 5.75 Å². The maximum atomic E-state index is 14.0. The smallest absolute Gasteiger partial charge is 0.165 e. The van der Waals surface area contributed by atoms with E-state index in [2.05, 4.69) is 9.97 Å². The Bertz CT molecular complexity index is 772. The molecule has 3 aromatic rings. The number of rotatable bonds is 4. The van der Waals surface area contributed by atoms with Gasteiger partial charge in [-0.2, -0.15) is 0 Å². The summed E-state index contributed by atoms with van der Waals surface area (Å²) in [7, 11) is 0. The van der Waals surface area contributed by atoms with Crippen molar-refractivity contribution in [3.8, 4) is 11.5 Å². The Kier molecular flexibility index (Phi) is 3.89. The molecule has 1 aromatic heterocycles. The van der Waals surface area contributed by atoms with Gasteiger partial charge in [0.15, 0.2) is 11.6 Å². The zero-order chi connectivity index (χ0) is 15.5. The zero-order valence-electron chi connectivity index (χ0n) is 12.0. The molecular formula is C17H15FN2O2. The molecule has 0 fully saturated rings. The van der Waals surface area contributed by atoms with Crippen molar-refractivity contribution in [2.24, 2.45) is 0 Å². The molecule has 0 amide bonds. The third kappa shape index (κ3) is 2.84. The lowest BCUT2D eigenvalue weighted by atomic mass is 10.1. The Morgan fingerprint density at radius 2 is 2.00 bits per heavy atom. The number of aromatic amines is 1. The largest absolute Gasteiger partial charge is 0.454 e. The molecule has 112 valence electrons. The van der Waals surface area contributed by atoms with Crippen molar-refractivity contribution in [2.45, 2.75) is 13.0 Å². The van der Waals surface area contributed by atoms with Gasteiger partial charge in [0.2, 0.25) is 0 Å². The van der Waals surface area contributed by atoms with Gasteiger partial charge in [-0.25, -0.2) is 9.37 Å². The van der Waals surface area contributed by atoms with Crippen LogP contribution < -0.4 is 4.74 Å². The number of benzene rings is 2. The number of aliphatic hydroxyl groups is 1. The quantitative estimate of drug-likeness (QED) is 0.771. The molecule has 1 atom stereocenters. The van der Waals surface area contributed by atoms with Gasteiger partial charge >= 0.3 is 0 Å². The minimum Gasteiger partial charge on any atom is -0.454 e. The molecule has 22 heavy (non-hydrogen) atoms.